The Kier molecular flexibility index (Phi) is 5.53. The highest BCUT2D eigenvalue weighted by Gasteiger charge is 2.18. The molecule has 0 radical (unpaired) electrons. The molecule has 0 aliphatic rings. The van der Waals surface area contributed by atoms with Gasteiger partial charge in [0.05, 0.1) is 22.0 Å². The van der Waals surface area contributed by atoms with E-state index >= 15 is 0 Å². The van der Waals surface area contributed by atoms with Gasteiger partial charge in [-0.3, -0.25) is 14.9 Å². The Morgan fingerprint density at radius 3 is 2.74 bits per heavy atom. The van der Waals surface area contributed by atoms with Gasteiger partial charge in [-0.25, -0.2) is 4.98 Å². The number of para-hydroxylation sites is 2. The Labute approximate surface area is 198 Å². The lowest BCUT2D eigenvalue weighted by Gasteiger charge is -2.07. The van der Waals surface area contributed by atoms with Crippen LogP contribution in [0, 0.1) is 22.5 Å². The molecule has 9 nitrogen and oxygen atoms in total. The first kappa shape index (κ1) is 21.6. The molecule has 5 rings (SSSR count). The van der Waals surface area contributed by atoms with Crippen LogP contribution in [0.5, 0.6) is 5.75 Å². The van der Waals surface area contributed by atoms with E-state index in [-0.39, 0.29) is 23.9 Å². The molecule has 0 N–H and O–H groups in total. The van der Waals surface area contributed by atoms with Gasteiger partial charge in [0.15, 0.2) is 11.5 Å². The number of terminal acetylenes is 1. The van der Waals surface area contributed by atoms with E-state index in [0.717, 1.165) is 10.1 Å². The highest BCUT2D eigenvalue weighted by Crippen LogP contribution is 2.29. The molecule has 35 heavy (non-hydrogen) atoms. The normalized spacial score (nSPS) is 11.2. The van der Waals surface area contributed by atoms with Crippen molar-refractivity contribution < 1.29 is 14.1 Å². The topological polar surface area (TPSA) is 113 Å². The summed E-state index contributed by atoms with van der Waals surface area (Å²) in [7, 11) is 0. The molecule has 0 amide bonds. The van der Waals surface area contributed by atoms with Crippen LogP contribution >= 0.6 is 0 Å². The van der Waals surface area contributed by atoms with Crippen LogP contribution in [-0.2, 0) is 0 Å². The van der Waals surface area contributed by atoms with Crippen LogP contribution in [0.25, 0.3) is 33.5 Å². The molecular formula is C26H16N4O5. The van der Waals surface area contributed by atoms with Gasteiger partial charge >= 0.3 is 5.69 Å². The van der Waals surface area contributed by atoms with Gasteiger partial charge in [0, 0.05) is 17.0 Å². The summed E-state index contributed by atoms with van der Waals surface area (Å²) < 4.78 is 12.3. The number of nitro benzene ring substituents is 1. The van der Waals surface area contributed by atoms with Crippen molar-refractivity contribution in [1.29, 1.82) is 0 Å². The Balaban J connectivity index is 1.65. The van der Waals surface area contributed by atoms with Crippen LogP contribution in [0.15, 0.2) is 87.1 Å². The number of aromatic nitrogens is 2. The number of nitrogens with zero attached hydrogens (tertiary/aromatic N) is 4. The number of fused-ring (bicyclic) bond motifs is 2. The first-order chi connectivity index (χ1) is 17.0. The summed E-state index contributed by atoms with van der Waals surface area (Å²) in [6.07, 6.45) is 6.51. The maximum Gasteiger partial charge on any atom is 0.311 e. The lowest BCUT2D eigenvalue weighted by Crippen LogP contribution is -2.20. The monoisotopic (exact) mass is 464 g/mol. The molecule has 0 saturated heterocycles. The number of ether oxygens (including phenoxy) is 1. The second kappa shape index (κ2) is 8.96. The third-order valence-electron chi connectivity index (χ3n) is 5.21. The van der Waals surface area contributed by atoms with Crippen molar-refractivity contribution in [2.24, 2.45) is 5.10 Å². The van der Waals surface area contributed by atoms with Crippen LogP contribution in [0.1, 0.15) is 5.56 Å². The second-order valence-electron chi connectivity index (χ2n) is 7.44. The summed E-state index contributed by atoms with van der Waals surface area (Å²) in [6.45, 7) is -0.104. The van der Waals surface area contributed by atoms with E-state index in [0.29, 0.717) is 27.8 Å². The molecule has 9 heteroatoms. The number of benzene rings is 3. The van der Waals surface area contributed by atoms with Crippen LogP contribution in [-0.4, -0.2) is 27.4 Å². The Bertz CT molecular complexity index is 1690. The summed E-state index contributed by atoms with van der Waals surface area (Å²) in [6, 6.07) is 20.4. The standard InChI is InChI=1S/C26H16N4O5/c1-2-13-34-23-12-11-17(14-21(23)30(32)33)16-27-29-25(24-15-18-7-3-6-10-22(18)35-24)28-20-9-5-4-8-19(20)26(29)31/h1,3-12,14-16H,13H2. The van der Waals surface area contributed by atoms with E-state index in [1.807, 2.05) is 24.3 Å². The molecule has 170 valence electrons. The second-order valence-corrected chi connectivity index (χ2v) is 7.44. The van der Waals surface area contributed by atoms with Crippen LogP contribution < -0.4 is 10.3 Å². The van der Waals surface area contributed by atoms with Crippen molar-refractivity contribution in [2.75, 3.05) is 6.61 Å². The molecule has 0 bridgehead atoms. The molecule has 3 aromatic carbocycles. The summed E-state index contributed by atoms with van der Waals surface area (Å²) >= 11 is 0. The predicted octanol–water partition coefficient (Wildman–Crippen LogP) is 4.61. The lowest BCUT2D eigenvalue weighted by molar-refractivity contribution is -0.385. The Hall–Kier alpha value is -5.23. The molecule has 0 aliphatic heterocycles. The number of nitro groups is 1. The number of hydrogen-bond acceptors (Lipinski definition) is 7. The van der Waals surface area contributed by atoms with Crippen LogP contribution in [0.2, 0.25) is 0 Å². The highest BCUT2D eigenvalue weighted by molar-refractivity contribution is 5.85. The van der Waals surface area contributed by atoms with Crippen LogP contribution in [0.3, 0.4) is 0 Å². The van der Waals surface area contributed by atoms with Gasteiger partial charge in [-0.2, -0.15) is 9.78 Å². The quantitative estimate of drug-likeness (QED) is 0.157. The van der Waals surface area contributed by atoms with Crippen LogP contribution in [0.4, 0.5) is 5.69 Å². The van der Waals surface area contributed by atoms with Crippen molar-refractivity contribution >= 4 is 33.8 Å². The fraction of sp³-hybridized carbons (Fsp3) is 0.0385. The van der Waals surface area contributed by atoms with Gasteiger partial charge in [-0.1, -0.05) is 36.3 Å². The molecule has 0 saturated carbocycles. The average Bonchev–Trinajstić information content (AvgIpc) is 3.31. The summed E-state index contributed by atoms with van der Waals surface area (Å²) in [5.74, 6) is 2.87. The fourth-order valence-corrected chi connectivity index (χ4v) is 3.61. The van der Waals surface area contributed by atoms with Crippen molar-refractivity contribution in [2.45, 2.75) is 0 Å². The molecule has 2 aromatic heterocycles. The van der Waals surface area contributed by atoms with Gasteiger partial charge in [-0.15, -0.1) is 6.42 Å². The summed E-state index contributed by atoms with van der Waals surface area (Å²) in [4.78, 5) is 28.9. The lowest BCUT2D eigenvalue weighted by atomic mass is 10.2. The summed E-state index contributed by atoms with van der Waals surface area (Å²) in [5.41, 5.74) is 0.820. The Morgan fingerprint density at radius 2 is 1.94 bits per heavy atom. The maximum atomic E-state index is 13.3. The fourth-order valence-electron chi connectivity index (χ4n) is 3.61. The highest BCUT2D eigenvalue weighted by atomic mass is 16.6. The zero-order valence-electron chi connectivity index (χ0n) is 18.1. The van der Waals surface area contributed by atoms with Gasteiger partial charge in [0.25, 0.3) is 5.56 Å². The van der Waals surface area contributed by atoms with E-state index < -0.39 is 10.5 Å². The van der Waals surface area contributed by atoms with E-state index in [2.05, 4.69) is 16.0 Å². The minimum absolute atomic E-state index is 0.0394. The van der Waals surface area contributed by atoms with Crippen molar-refractivity contribution in [3.05, 3.63) is 98.8 Å². The smallest absolute Gasteiger partial charge is 0.311 e. The number of hydrogen-bond donors (Lipinski definition) is 0. The zero-order valence-corrected chi connectivity index (χ0v) is 18.1. The van der Waals surface area contributed by atoms with Crippen molar-refractivity contribution in [3.8, 4) is 29.7 Å². The molecular weight excluding hydrogens is 448 g/mol. The molecule has 0 aliphatic carbocycles. The van der Waals surface area contributed by atoms with Gasteiger partial charge in [-0.05, 0) is 36.4 Å². The first-order valence-electron chi connectivity index (χ1n) is 10.4. The molecule has 0 unspecified atom stereocenters. The average molecular weight is 464 g/mol. The zero-order chi connectivity index (χ0) is 24.4. The van der Waals surface area contributed by atoms with E-state index in [4.69, 9.17) is 15.6 Å². The minimum atomic E-state index is -0.577. The SMILES string of the molecule is C#CCOc1ccc(C=Nn2c(-c3cc4ccccc4o3)nc3ccccc3c2=O)cc1[N+](=O)[O-]. The van der Waals surface area contributed by atoms with Crippen molar-refractivity contribution in [3.63, 3.8) is 0 Å². The molecule has 2 heterocycles. The van der Waals surface area contributed by atoms with Gasteiger partial charge < -0.3 is 9.15 Å². The molecule has 0 atom stereocenters. The number of rotatable bonds is 6. The first-order valence-corrected chi connectivity index (χ1v) is 10.4. The van der Waals surface area contributed by atoms with Gasteiger partial charge in [0.2, 0.25) is 5.82 Å². The molecule has 0 spiro atoms. The molecule has 5 aromatic rings. The third kappa shape index (κ3) is 4.12. The Morgan fingerprint density at radius 1 is 1.14 bits per heavy atom. The van der Waals surface area contributed by atoms with E-state index in [9.17, 15) is 14.9 Å². The largest absolute Gasteiger partial charge is 0.474 e. The maximum absolute atomic E-state index is 13.3. The number of furan rings is 1. The summed E-state index contributed by atoms with van der Waals surface area (Å²) in [5, 5.41) is 17.0. The predicted molar refractivity (Wildman–Crippen MR) is 132 cm³/mol. The molecule has 0 fully saturated rings. The van der Waals surface area contributed by atoms with Gasteiger partial charge in [0.1, 0.15) is 12.2 Å². The third-order valence-corrected chi connectivity index (χ3v) is 5.21. The van der Waals surface area contributed by atoms with Crippen molar-refractivity contribution in [1.82, 2.24) is 9.66 Å². The van der Waals surface area contributed by atoms with E-state index in [1.54, 1.807) is 36.4 Å². The van der Waals surface area contributed by atoms with E-state index in [1.165, 1.54) is 18.3 Å². The minimum Gasteiger partial charge on any atom is -0.474 e.